The second kappa shape index (κ2) is 8.63. The minimum Gasteiger partial charge on any atom is -0.375 e. The van der Waals surface area contributed by atoms with Crippen LogP contribution in [-0.4, -0.2) is 35.7 Å². The van der Waals surface area contributed by atoms with Crippen LogP contribution < -0.4 is 5.32 Å². The Kier molecular flexibility index (Phi) is 6.02. The number of para-hydroxylation sites is 2. The van der Waals surface area contributed by atoms with Gasteiger partial charge in [0.1, 0.15) is 12.4 Å². The number of amides is 1. The lowest BCUT2D eigenvalue weighted by molar-refractivity contribution is -0.124. The predicted octanol–water partition coefficient (Wildman–Crippen LogP) is 3.34. The van der Waals surface area contributed by atoms with Gasteiger partial charge in [0, 0.05) is 20.1 Å². The fraction of sp³-hybridized carbons (Fsp3) is 0.333. The molecule has 0 fully saturated rings. The maximum atomic E-state index is 11.5. The number of nitrogens with one attached hydrogen (secondary N) is 1. The van der Waals surface area contributed by atoms with E-state index in [-0.39, 0.29) is 18.6 Å². The molecule has 1 N–H and O–H groups in total. The van der Waals surface area contributed by atoms with Crippen LogP contribution in [0.5, 0.6) is 0 Å². The zero-order valence-electron chi connectivity index (χ0n) is 15.3. The number of carbonyl (C=O) groups excluding carboxylic acids is 1. The molecule has 0 aliphatic carbocycles. The number of imidazole rings is 1. The first-order valence-electron chi connectivity index (χ1n) is 8.97. The number of aromatic nitrogens is 2. The van der Waals surface area contributed by atoms with Crippen molar-refractivity contribution >= 4 is 16.9 Å². The number of fused-ring (bicyclic) bond motifs is 1. The third-order valence-electron chi connectivity index (χ3n) is 4.51. The Morgan fingerprint density at radius 1 is 1.15 bits per heavy atom. The third kappa shape index (κ3) is 4.11. The van der Waals surface area contributed by atoms with Gasteiger partial charge in [0.25, 0.3) is 0 Å². The molecule has 0 radical (unpaired) electrons. The van der Waals surface area contributed by atoms with E-state index in [1.165, 1.54) is 12.7 Å². The molecule has 5 heteroatoms. The highest BCUT2D eigenvalue weighted by Gasteiger charge is 2.16. The summed E-state index contributed by atoms with van der Waals surface area (Å²) in [5.74, 6) is 0.960. The van der Waals surface area contributed by atoms with Crippen LogP contribution >= 0.6 is 0 Å². The normalized spacial score (nSPS) is 12.2. The summed E-state index contributed by atoms with van der Waals surface area (Å²) < 4.78 is 7.14. The van der Waals surface area contributed by atoms with E-state index >= 15 is 0 Å². The molecule has 0 saturated carbocycles. The smallest absolute Gasteiger partial charge is 0.245 e. The van der Waals surface area contributed by atoms with E-state index in [0.29, 0.717) is 6.54 Å². The summed E-state index contributed by atoms with van der Waals surface area (Å²) in [7, 11) is 1.52. The Hall–Kier alpha value is -2.66. The van der Waals surface area contributed by atoms with E-state index in [9.17, 15) is 4.79 Å². The molecule has 1 heterocycles. The molecular weight excluding hydrogens is 326 g/mol. The Morgan fingerprint density at radius 2 is 1.88 bits per heavy atom. The number of carbonyl (C=O) groups is 1. The lowest BCUT2D eigenvalue weighted by atomic mass is 10.1. The Labute approximate surface area is 154 Å². The van der Waals surface area contributed by atoms with Crippen LogP contribution in [0.1, 0.15) is 30.8 Å². The van der Waals surface area contributed by atoms with Crippen molar-refractivity contribution < 1.29 is 9.53 Å². The average Bonchev–Trinajstić information content (AvgIpc) is 3.04. The molecule has 0 aliphatic rings. The standard InChI is InChI=1S/C21H25N3O2/c1-16(17-9-4-3-5-10-17)24-19-12-7-6-11-18(19)23-20(24)13-8-14-22-21(25)15-26-2/h3-7,9-12,16H,8,13-15H2,1-2H3,(H,22,25). The van der Waals surface area contributed by atoms with Gasteiger partial charge in [0.05, 0.1) is 17.1 Å². The largest absolute Gasteiger partial charge is 0.375 e. The lowest BCUT2D eigenvalue weighted by Crippen LogP contribution is -2.28. The maximum absolute atomic E-state index is 11.5. The molecule has 0 bridgehead atoms. The molecule has 0 spiro atoms. The van der Waals surface area contributed by atoms with Crippen molar-refractivity contribution in [1.82, 2.24) is 14.9 Å². The molecule has 3 aromatic rings. The van der Waals surface area contributed by atoms with Gasteiger partial charge in [-0.25, -0.2) is 4.98 Å². The molecule has 136 valence electrons. The van der Waals surface area contributed by atoms with E-state index < -0.39 is 0 Å². The number of hydrogen-bond donors (Lipinski definition) is 1. The van der Waals surface area contributed by atoms with Crippen molar-refractivity contribution in [2.24, 2.45) is 0 Å². The summed E-state index contributed by atoms with van der Waals surface area (Å²) in [6.45, 7) is 2.92. The second-order valence-electron chi connectivity index (χ2n) is 6.36. The van der Waals surface area contributed by atoms with Crippen molar-refractivity contribution in [3.63, 3.8) is 0 Å². The summed E-state index contributed by atoms with van der Waals surface area (Å²) in [6, 6.07) is 18.9. The van der Waals surface area contributed by atoms with E-state index in [1.54, 1.807) is 0 Å². The number of ether oxygens (including phenoxy) is 1. The van der Waals surface area contributed by atoms with Crippen LogP contribution in [0, 0.1) is 0 Å². The summed E-state index contributed by atoms with van der Waals surface area (Å²) >= 11 is 0. The van der Waals surface area contributed by atoms with Crippen LogP contribution in [0.25, 0.3) is 11.0 Å². The first kappa shape index (κ1) is 18.1. The van der Waals surface area contributed by atoms with Gasteiger partial charge in [-0.2, -0.15) is 0 Å². The summed E-state index contributed by atoms with van der Waals surface area (Å²) in [5.41, 5.74) is 3.40. The van der Waals surface area contributed by atoms with Gasteiger partial charge >= 0.3 is 0 Å². The summed E-state index contributed by atoms with van der Waals surface area (Å²) in [4.78, 5) is 16.3. The van der Waals surface area contributed by atoms with Gasteiger partial charge in [-0.15, -0.1) is 0 Å². The molecule has 26 heavy (non-hydrogen) atoms. The Morgan fingerprint density at radius 3 is 2.65 bits per heavy atom. The van der Waals surface area contributed by atoms with Crippen molar-refractivity contribution in [2.75, 3.05) is 20.3 Å². The van der Waals surface area contributed by atoms with Crippen LogP contribution in [0.4, 0.5) is 0 Å². The minimum absolute atomic E-state index is 0.0846. The van der Waals surface area contributed by atoms with E-state index in [4.69, 9.17) is 9.72 Å². The van der Waals surface area contributed by atoms with Gasteiger partial charge in [-0.05, 0) is 31.0 Å². The Bertz CT molecular complexity index is 858. The second-order valence-corrected chi connectivity index (χ2v) is 6.36. The average molecular weight is 351 g/mol. The summed E-state index contributed by atoms with van der Waals surface area (Å²) in [5, 5.41) is 2.87. The fourth-order valence-corrected chi connectivity index (χ4v) is 3.24. The number of hydrogen-bond acceptors (Lipinski definition) is 3. The van der Waals surface area contributed by atoms with Crippen LogP contribution in [0.15, 0.2) is 54.6 Å². The number of aryl methyl sites for hydroxylation is 1. The van der Waals surface area contributed by atoms with E-state index in [2.05, 4.69) is 47.1 Å². The van der Waals surface area contributed by atoms with E-state index in [1.807, 2.05) is 24.3 Å². The quantitative estimate of drug-likeness (QED) is 0.633. The Balaban J connectivity index is 1.80. The molecule has 0 saturated heterocycles. The minimum atomic E-state index is -0.0846. The summed E-state index contributed by atoms with van der Waals surface area (Å²) in [6.07, 6.45) is 1.64. The topological polar surface area (TPSA) is 56.1 Å². The molecule has 1 unspecified atom stereocenters. The highest BCUT2D eigenvalue weighted by molar-refractivity contribution is 5.77. The van der Waals surface area contributed by atoms with Crippen molar-refractivity contribution in [3.05, 3.63) is 66.0 Å². The maximum Gasteiger partial charge on any atom is 0.245 e. The SMILES string of the molecule is COCC(=O)NCCCc1nc2ccccc2n1C(C)c1ccccc1. The van der Waals surface area contributed by atoms with Gasteiger partial charge < -0.3 is 14.6 Å². The van der Waals surface area contributed by atoms with Gasteiger partial charge in [0.15, 0.2) is 0 Å². The van der Waals surface area contributed by atoms with Gasteiger partial charge in [0.2, 0.25) is 5.91 Å². The van der Waals surface area contributed by atoms with Crippen molar-refractivity contribution in [3.8, 4) is 0 Å². The van der Waals surface area contributed by atoms with E-state index in [0.717, 1.165) is 29.7 Å². The predicted molar refractivity (Wildman–Crippen MR) is 103 cm³/mol. The highest BCUT2D eigenvalue weighted by Crippen LogP contribution is 2.26. The molecule has 1 aromatic heterocycles. The first-order chi connectivity index (χ1) is 12.7. The van der Waals surface area contributed by atoms with Gasteiger partial charge in [-0.1, -0.05) is 42.5 Å². The van der Waals surface area contributed by atoms with Gasteiger partial charge in [-0.3, -0.25) is 4.79 Å². The molecular formula is C21H25N3O2. The third-order valence-corrected chi connectivity index (χ3v) is 4.51. The highest BCUT2D eigenvalue weighted by atomic mass is 16.5. The molecule has 0 aliphatic heterocycles. The molecule has 2 aromatic carbocycles. The number of methoxy groups -OCH3 is 1. The first-order valence-corrected chi connectivity index (χ1v) is 8.97. The molecule has 5 nitrogen and oxygen atoms in total. The van der Waals surface area contributed by atoms with Crippen molar-refractivity contribution in [1.29, 1.82) is 0 Å². The zero-order chi connectivity index (χ0) is 18.4. The fourth-order valence-electron chi connectivity index (χ4n) is 3.24. The number of rotatable bonds is 8. The van der Waals surface area contributed by atoms with Crippen molar-refractivity contribution in [2.45, 2.75) is 25.8 Å². The lowest BCUT2D eigenvalue weighted by Gasteiger charge is -2.18. The van der Waals surface area contributed by atoms with Crippen LogP contribution in [-0.2, 0) is 16.0 Å². The molecule has 3 rings (SSSR count). The monoisotopic (exact) mass is 351 g/mol. The number of nitrogens with zero attached hydrogens (tertiary/aromatic N) is 2. The van der Waals surface area contributed by atoms with Crippen LogP contribution in [0.2, 0.25) is 0 Å². The number of benzene rings is 2. The zero-order valence-corrected chi connectivity index (χ0v) is 15.3. The molecule has 1 amide bonds. The molecule has 1 atom stereocenters. The van der Waals surface area contributed by atoms with Crippen LogP contribution in [0.3, 0.4) is 0 Å².